The average Bonchev–Trinajstić information content (AvgIpc) is 2.93. The maximum absolute atomic E-state index is 12.3. The highest BCUT2D eigenvalue weighted by atomic mass is 32.2. The summed E-state index contributed by atoms with van der Waals surface area (Å²) >= 11 is 1.66. The SMILES string of the molecule is CCCS(=O)(=O)c1ccccc1NC(C)c1cccs1. The minimum atomic E-state index is -3.21. The van der Waals surface area contributed by atoms with E-state index in [2.05, 4.69) is 5.32 Å². The molecule has 1 atom stereocenters. The van der Waals surface area contributed by atoms with Crippen molar-refractivity contribution in [2.45, 2.75) is 31.2 Å². The Morgan fingerprint density at radius 1 is 1.20 bits per heavy atom. The number of anilines is 1. The third-order valence-corrected chi connectivity index (χ3v) is 6.06. The van der Waals surface area contributed by atoms with Crippen molar-refractivity contribution in [1.82, 2.24) is 0 Å². The van der Waals surface area contributed by atoms with Crippen molar-refractivity contribution >= 4 is 26.9 Å². The molecule has 0 radical (unpaired) electrons. The van der Waals surface area contributed by atoms with Crippen LogP contribution in [0.15, 0.2) is 46.7 Å². The van der Waals surface area contributed by atoms with Gasteiger partial charge in [0.1, 0.15) is 0 Å². The molecule has 0 aliphatic heterocycles. The van der Waals surface area contributed by atoms with E-state index in [0.717, 1.165) is 0 Å². The molecule has 1 aromatic carbocycles. The maximum Gasteiger partial charge on any atom is 0.180 e. The van der Waals surface area contributed by atoms with Crippen LogP contribution in [-0.4, -0.2) is 14.2 Å². The van der Waals surface area contributed by atoms with Crippen molar-refractivity contribution in [2.75, 3.05) is 11.1 Å². The lowest BCUT2D eigenvalue weighted by Crippen LogP contribution is -2.12. The predicted octanol–water partition coefficient (Wildman–Crippen LogP) is 4.10. The molecule has 0 aliphatic carbocycles. The lowest BCUT2D eigenvalue weighted by molar-refractivity contribution is 0.595. The second kappa shape index (κ2) is 6.41. The van der Waals surface area contributed by atoms with Gasteiger partial charge in [0, 0.05) is 4.88 Å². The highest BCUT2D eigenvalue weighted by molar-refractivity contribution is 7.91. The van der Waals surface area contributed by atoms with Crippen molar-refractivity contribution in [2.24, 2.45) is 0 Å². The first kappa shape index (κ1) is 15.1. The van der Waals surface area contributed by atoms with E-state index in [-0.39, 0.29) is 11.8 Å². The Bertz CT molecular complexity index is 648. The van der Waals surface area contributed by atoms with Gasteiger partial charge in [-0.15, -0.1) is 11.3 Å². The van der Waals surface area contributed by atoms with Gasteiger partial charge in [-0.05, 0) is 36.9 Å². The van der Waals surface area contributed by atoms with Crippen molar-refractivity contribution in [1.29, 1.82) is 0 Å². The maximum atomic E-state index is 12.3. The molecule has 0 spiro atoms. The van der Waals surface area contributed by atoms with E-state index >= 15 is 0 Å². The van der Waals surface area contributed by atoms with Crippen LogP contribution < -0.4 is 5.32 Å². The predicted molar refractivity (Wildman–Crippen MR) is 85.1 cm³/mol. The van der Waals surface area contributed by atoms with Crippen LogP contribution in [0.3, 0.4) is 0 Å². The number of hydrogen-bond acceptors (Lipinski definition) is 4. The monoisotopic (exact) mass is 309 g/mol. The van der Waals surface area contributed by atoms with E-state index in [0.29, 0.717) is 17.0 Å². The van der Waals surface area contributed by atoms with Crippen LogP contribution >= 0.6 is 11.3 Å². The average molecular weight is 309 g/mol. The lowest BCUT2D eigenvalue weighted by Gasteiger charge is -2.17. The molecule has 0 fully saturated rings. The summed E-state index contributed by atoms with van der Waals surface area (Å²) in [6.45, 7) is 3.91. The molecule has 1 heterocycles. The highest BCUT2D eigenvalue weighted by Gasteiger charge is 2.18. The minimum absolute atomic E-state index is 0.0907. The molecule has 20 heavy (non-hydrogen) atoms. The Morgan fingerprint density at radius 3 is 2.60 bits per heavy atom. The molecule has 0 amide bonds. The Hall–Kier alpha value is -1.33. The van der Waals surface area contributed by atoms with Crippen LogP contribution in [0.25, 0.3) is 0 Å². The summed E-state index contributed by atoms with van der Waals surface area (Å²) in [6.07, 6.45) is 0.622. The zero-order valence-corrected chi connectivity index (χ0v) is 13.3. The number of hydrogen-bond donors (Lipinski definition) is 1. The molecular weight excluding hydrogens is 290 g/mol. The van der Waals surface area contributed by atoms with Crippen molar-refractivity contribution < 1.29 is 8.42 Å². The van der Waals surface area contributed by atoms with Crippen LogP contribution in [0.5, 0.6) is 0 Å². The summed E-state index contributed by atoms with van der Waals surface area (Å²) in [5, 5.41) is 5.33. The summed E-state index contributed by atoms with van der Waals surface area (Å²) in [4.78, 5) is 1.58. The van der Waals surface area contributed by atoms with Gasteiger partial charge in [-0.1, -0.05) is 25.1 Å². The number of para-hydroxylation sites is 1. The molecule has 0 bridgehead atoms. The summed E-state index contributed by atoms with van der Waals surface area (Å²) in [5.41, 5.74) is 0.682. The third-order valence-electron chi connectivity index (χ3n) is 3.04. The van der Waals surface area contributed by atoms with Crippen LogP contribution in [0.1, 0.15) is 31.2 Å². The summed E-state index contributed by atoms with van der Waals surface area (Å²) in [7, 11) is -3.21. The van der Waals surface area contributed by atoms with Gasteiger partial charge >= 0.3 is 0 Å². The van der Waals surface area contributed by atoms with Crippen LogP contribution in [-0.2, 0) is 9.84 Å². The molecule has 0 saturated carbocycles. The van der Waals surface area contributed by atoms with Gasteiger partial charge in [-0.2, -0.15) is 0 Å². The number of thiophene rings is 1. The molecule has 108 valence electrons. The molecule has 0 saturated heterocycles. The molecule has 1 aromatic heterocycles. The quantitative estimate of drug-likeness (QED) is 0.873. The second-order valence-corrected chi connectivity index (χ2v) is 7.75. The van der Waals surface area contributed by atoms with Crippen LogP contribution in [0, 0.1) is 0 Å². The summed E-state index contributed by atoms with van der Waals surface area (Å²) in [6, 6.07) is 11.3. The molecule has 3 nitrogen and oxygen atoms in total. The molecule has 1 N–H and O–H groups in total. The molecule has 2 rings (SSSR count). The molecule has 5 heteroatoms. The standard InChI is InChI=1S/C15H19NO2S2/c1-3-11-20(17,18)15-9-5-4-7-13(15)16-12(2)14-8-6-10-19-14/h4-10,12,16H,3,11H2,1-2H3. The molecule has 2 aromatic rings. The molecular formula is C15H19NO2S2. The van der Waals surface area contributed by atoms with Gasteiger partial charge in [0.15, 0.2) is 9.84 Å². The first-order valence-corrected chi connectivity index (χ1v) is 9.19. The Labute approximate surface area is 124 Å². The summed E-state index contributed by atoms with van der Waals surface area (Å²) in [5.74, 6) is 0.180. The number of rotatable bonds is 6. The van der Waals surface area contributed by atoms with Crippen molar-refractivity contribution in [3.8, 4) is 0 Å². The fraction of sp³-hybridized carbons (Fsp3) is 0.333. The molecule has 0 aliphatic rings. The van der Waals surface area contributed by atoms with Crippen LogP contribution in [0.2, 0.25) is 0 Å². The second-order valence-electron chi connectivity index (χ2n) is 4.70. The fourth-order valence-corrected chi connectivity index (χ4v) is 4.32. The number of nitrogens with one attached hydrogen (secondary N) is 1. The van der Waals surface area contributed by atoms with Gasteiger partial charge in [0.2, 0.25) is 0 Å². The van der Waals surface area contributed by atoms with E-state index in [4.69, 9.17) is 0 Å². The van der Waals surface area contributed by atoms with E-state index in [9.17, 15) is 8.42 Å². The lowest BCUT2D eigenvalue weighted by atomic mass is 10.2. The first-order valence-electron chi connectivity index (χ1n) is 6.66. The third kappa shape index (κ3) is 3.41. The normalized spacial score (nSPS) is 13.1. The largest absolute Gasteiger partial charge is 0.377 e. The number of benzene rings is 1. The zero-order valence-electron chi connectivity index (χ0n) is 11.7. The van der Waals surface area contributed by atoms with Crippen molar-refractivity contribution in [3.05, 3.63) is 46.7 Å². The Morgan fingerprint density at radius 2 is 1.95 bits per heavy atom. The van der Waals surface area contributed by atoms with Gasteiger partial charge < -0.3 is 5.32 Å². The first-order chi connectivity index (χ1) is 9.54. The Kier molecular flexibility index (Phi) is 4.83. The van der Waals surface area contributed by atoms with Gasteiger partial charge in [-0.25, -0.2) is 8.42 Å². The van der Waals surface area contributed by atoms with E-state index < -0.39 is 9.84 Å². The van der Waals surface area contributed by atoms with E-state index in [1.54, 1.807) is 23.5 Å². The van der Waals surface area contributed by atoms with Crippen LogP contribution in [0.4, 0.5) is 5.69 Å². The van der Waals surface area contributed by atoms with Gasteiger partial charge in [0.05, 0.1) is 22.4 Å². The fourth-order valence-electron chi connectivity index (χ4n) is 2.08. The van der Waals surface area contributed by atoms with E-state index in [1.165, 1.54) is 4.88 Å². The van der Waals surface area contributed by atoms with Gasteiger partial charge in [-0.3, -0.25) is 0 Å². The zero-order chi connectivity index (χ0) is 14.6. The summed E-state index contributed by atoms with van der Waals surface area (Å²) < 4.78 is 24.6. The topological polar surface area (TPSA) is 46.2 Å². The minimum Gasteiger partial charge on any atom is -0.377 e. The highest BCUT2D eigenvalue weighted by Crippen LogP contribution is 2.28. The number of sulfone groups is 1. The molecule has 1 unspecified atom stereocenters. The van der Waals surface area contributed by atoms with Crippen molar-refractivity contribution in [3.63, 3.8) is 0 Å². The Balaban J connectivity index is 2.29. The van der Waals surface area contributed by atoms with E-state index in [1.807, 2.05) is 43.5 Å². The smallest absolute Gasteiger partial charge is 0.180 e. The van der Waals surface area contributed by atoms with Gasteiger partial charge in [0.25, 0.3) is 0 Å².